The highest BCUT2D eigenvalue weighted by Crippen LogP contribution is 2.25. The third-order valence-corrected chi connectivity index (χ3v) is 3.95. The highest BCUT2D eigenvalue weighted by Gasteiger charge is 2.33. The Bertz CT molecular complexity index is 551. The summed E-state index contributed by atoms with van der Waals surface area (Å²) in [7, 11) is 0. The number of amides is 2. The van der Waals surface area contributed by atoms with Crippen LogP contribution in [0.15, 0.2) is 42.0 Å². The lowest BCUT2D eigenvalue weighted by atomic mass is 9.89. The molecule has 2 amide bonds. The number of cyclic esters (lactones) is 1. The highest BCUT2D eigenvalue weighted by atomic mass is 16.6. The molecule has 1 aliphatic heterocycles. The molecule has 1 aliphatic carbocycles. The van der Waals surface area contributed by atoms with E-state index in [1.165, 1.54) is 16.0 Å². The van der Waals surface area contributed by atoms with Crippen LogP contribution in [0.2, 0.25) is 0 Å². The van der Waals surface area contributed by atoms with Crippen molar-refractivity contribution >= 4 is 12.0 Å². The Kier molecular flexibility index (Phi) is 5.75. The predicted octanol–water partition coefficient (Wildman–Crippen LogP) is 3.71. The van der Waals surface area contributed by atoms with Crippen molar-refractivity contribution < 1.29 is 14.3 Å². The molecule has 2 aliphatic rings. The molecular formula is C18H23NO3. The van der Waals surface area contributed by atoms with E-state index < -0.39 is 6.09 Å². The molecule has 0 N–H and O–H groups in total. The zero-order valence-electron chi connectivity index (χ0n) is 13.2. The van der Waals surface area contributed by atoms with Gasteiger partial charge in [-0.3, -0.25) is 4.79 Å². The molecule has 1 atom stereocenters. The minimum Gasteiger partial charge on any atom is -0.447 e. The van der Waals surface area contributed by atoms with Gasteiger partial charge in [-0.05, 0) is 33.1 Å². The monoisotopic (exact) mass is 301 g/mol. The van der Waals surface area contributed by atoms with Crippen molar-refractivity contribution in [3.05, 3.63) is 47.5 Å². The fourth-order valence-electron chi connectivity index (χ4n) is 2.54. The fraction of sp³-hybridized carbons (Fsp3) is 0.444. The van der Waals surface area contributed by atoms with Crippen LogP contribution in [0.3, 0.4) is 0 Å². The first kappa shape index (κ1) is 16.3. The van der Waals surface area contributed by atoms with Gasteiger partial charge in [-0.25, -0.2) is 9.69 Å². The van der Waals surface area contributed by atoms with Crippen LogP contribution in [0.4, 0.5) is 4.79 Å². The SMILES string of the molecule is CC1=CCC(C(=O)N2CCOC2=O)CC1.Cc1ccccc1. The van der Waals surface area contributed by atoms with Gasteiger partial charge in [-0.1, -0.05) is 47.5 Å². The van der Waals surface area contributed by atoms with Crippen molar-refractivity contribution in [1.82, 2.24) is 4.90 Å². The molecular weight excluding hydrogens is 278 g/mol. The standard InChI is InChI=1S/C11H15NO3.C7H8/c1-8-2-4-9(5-3-8)10(13)12-6-7-15-11(12)14;1-7-5-3-2-4-6-7/h2,9H,3-7H2,1H3;2-6H,1H3. The van der Waals surface area contributed by atoms with Crippen LogP contribution in [-0.4, -0.2) is 30.1 Å². The van der Waals surface area contributed by atoms with E-state index in [1.54, 1.807) is 0 Å². The maximum absolute atomic E-state index is 11.9. The van der Waals surface area contributed by atoms with Gasteiger partial charge in [0.05, 0.1) is 6.54 Å². The van der Waals surface area contributed by atoms with Crippen LogP contribution in [0, 0.1) is 12.8 Å². The zero-order valence-corrected chi connectivity index (χ0v) is 13.2. The third kappa shape index (κ3) is 4.45. The summed E-state index contributed by atoms with van der Waals surface area (Å²) in [6, 6.07) is 10.3. The number of imide groups is 1. The lowest BCUT2D eigenvalue weighted by Gasteiger charge is -2.22. The molecule has 1 saturated heterocycles. The summed E-state index contributed by atoms with van der Waals surface area (Å²) in [4.78, 5) is 24.3. The topological polar surface area (TPSA) is 46.6 Å². The molecule has 0 bridgehead atoms. The maximum atomic E-state index is 11.9. The first-order chi connectivity index (χ1) is 10.6. The summed E-state index contributed by atoms with van der Waals surface area (Å²) < 4.78 is 4.75. The Hall–Kier alpha value is -2.10. The number of ether oxygens (including phenoxy) is 1. The largest absolute Gasteiger partial charge is 0.447 e. The van der Waals surface area contributed by atoms with E-state index in [1.807, 2.05) is 18.2 Å². The van der Waals surface area contributed by atoms with Crippen LogP contribution in [0.5, 0.6) is 0 Å². The Morgan fingerprint density at radius 2 is 1.95 bits per heavy atom. The van der Waals surface area contributed by atoms with Crippen LogP contribution in [0.1, 0.15) is 31.7 Å². The molecule has 118 valence electrons. The second kappa shape index (κ2) is 7.78. The van der Waals surface area contributed by atoms with Crippen molar-refractivity contribution in [2.24, 2.45) is 5.92 Å². The Labute approximate surface area is 131 Å². The number of carbonyl (C=O) groups is 2. The fourth-order valence-corrected chi connectivity index (χ4v) is 2.54. The molecule has 1 fully saturated rings. The molecule has 1 heterocycles. The molecule has 1 aromatic rings. The van der Waals surface area contributed by atoms with Crippen molar-refractivity contribution in [2.75, 3.05) is 13.2 Å². The molecule has 4 nitrogen and oxygen atoms in total. The number of allylic oxidation sites excluding steroid dienone is 2. The molecule has 1 aromatic carbocycles. The first-order valence-electron chi connectivity index (χ1n) is 7.73. The number of carbonyl (C=O) groups excluding carboxylic acids is 2. The van der Waals surface area contributed by atoms with Gasteiger partial charge in [0.25, 0.3) is 0 Å². The second-order valence-corrected chi connectivity index (χ2v) is 5.78. The van der Waals surface area contributed by atoms with Gasteiger partial charge in [-0.2, -0.15) is 0 Å². The van der Waals surface area contributed by atoms with Gasteiger partial charge in [-0.15, -0.1) is 0 Å². The number of benzene rings is 1. The Morgan fingerprint density at radius 3 is 2.41 bits per heavy atom. The average molecular weight is 301 g/mol. The number of hydrogen-bond donors (Lipinski definition) is 0. The summed E-state index contributed by atoms with van der Waals surface area (Å²) in [5, 5.41) is 0. The molecule has 1 unspecified atom stereocenters. The van der Waals surface area contributed by atoms with Crippen LogP contribution < -0.4 is 0 Å². The van der Waals surface area contributed by atoms with Gasteiger partial charge >= 0.3 is 6.09 Å². The van der Waals surface area contributed by atoms with E-state index in [-0.39, 0.29) is 11.8 Å². The molecule has 0 spiro atoms. The van der Waals surface area contributed by atoms with Gasteiger partial charge in [0.15, 0.2) is 0 Å². The lowest BCUT2D eigenvalue weighted by Crippen LogP contribution is -2.37. The number of hydrogen-bond acceptors (Lipinski definition) is 3. The average Bonchev–Trinajstić information content (AvgIpc) is 2.95. The molecule has 4 heteroatoms. The normalized spacial score (nSPS) is 20.6. The summed E-state index contributed by atoms with van der Waals surface area (Å²) >= 11 is 0. The van der Waals surface area contributed by atoms with Crippen molar-refractivity contribution in [1.29, 1.82) is 0 Å². The van der Waals surface area contributed by atoms with Crippen molar-refractivity contribution in [3.8, 4) is 0 Å². The predicted molar refractivity (Wildman–Crippen MR) is 85.3 cm³/mol. The Morgan fingerprint density at radius 1 is 1.23 bits per heavy atom. The van der Waals surface area contributed by atoms with E-state index >= 15 is 0 Å². The van der Waals surface area contributed by atoms with Crippen molar-refractivity contribution in [2.45, 2.75) is 33.1 Å². The van der Waals surface area contributed by atoms with Gasteiger partial charge in [0, 0.05) is 5.92 Å². The van der Waals surface area contributed by atoms with Crippen LogP contribution >= 0.6 is 0 Å². The maximum Gasteiger partial charge on any atom is 0.416 e. The highest BCUT2D eigenvalue weighted by molar-refractivity contribution is 5.94. The molecule has 0 aromatic heterocycles. The smallest absolute Gasteiger partial charge is 0.416 e. The van der Waals surface area contributed by atoms with Gasteiger partial charge in [0.1, 0.15) is 6.61 Å². The van der Waals surface area contributed by atoms with Gasteiger partial charge in [0.2, 0.25) is 5.91 Å². The lowest BCUT2D eigenvalue weighted by molar-refractivity contribution is -0.132. The number of rotatable bonds is 1. The van der Waals surface area contributed by atoms with Crippen LogP contribution in [-0.2, 0) is 9.53 Å². The summed E-state index contributed by atoms with van der Waals surface area (Å²) in [6.07, 6.45) is 4.18. The zero-order chi connectivity index (χ0) is 15.9. The summed E-state index contributed by atoms with van der Waals surface area (Å²) in [5.41, 5.74) is 2.66. The van der Waals surface area contributed by atoms with E-state index in [9.17, 15) is 9.59 Å². The molecule has 0 saturated carbocycles. The molecule has 22 heavy (non-hydrogen) atoms. The third-order valence-electron chi connectivity index (χ3n) is 3.95. The van der Waals surface area contributed by atoms with E-state index in [4.69, 9.17) is 4.74 Å². The van der Waals surface area contributed by atoms with E-state index in [0.717, 1.165) is 19.3 Å². The summed E-state index contributed by atoms with van der Waals surface area (Å²) in [6.45, 7) is 4.91. The van der Waals surface area contributed by atoms with Gasteiger partial charge < -0.3 is 4.74 Å². The second-order valence-electron chi connectivity index (χ2n) is 5.78. The summed E-state index contributed by atoms with van der Waals surface area (Å²) in [5.74, 6) is -0.0967. The minimum atomic E-state index is -0.480. The number of aryl methyl sites for hydroxylation is 1. The molecule has 0 radical (unpaired) electrons. The minimum absolute atomic E-state index is 0.0284. The van der Waals surface area contributed by atoms with Crippen LogP contribution in [0.25, 0.3) is 0 Å². The molecule has 3 rings (SSSR count). The Balaban J connectivity index is 0.000000211. The van der Waals surface area contributed by atoms with Crippen molar-refractivity contribution in [3.63, 3.8) is 0 Å². The van der Waals surface area contributed by atoms with E-state index in [2.05, 4.69) is 32.1 Å². The quantitative estimate of drug-likeness (QED) is 0.743. The first-order valence-corrected chi connectivity index (χ1v) is 7.73. The van der Waals surface area contributed by atoms with E-state index in [0.29, 0.717) is 13.2 Å². The number of nitrogens with zero attached hydrogens (tertiary/aromatic N) is 1.